The fourth-order valence-electron chi connectivity index (χ4n) is 3.87. The summed E-state index contributed by atoms with van der Waals surface area (Å²) in [6.07, 6.45) is 0.689. The number of fused-ring (bicyclic) bond motifs is 1. The summed E-state index contributed by atoms with van der Waals surface area (Å²) < 4.78 is 16.3. The van der Waals surface area contributed by atoms with Gasteiger partial charge in [0.25, 0.3) is 0 Å². The van der Waals surface area contributed by atoms with Gasteiger partial charge in [-0.15, -0.1) is 0 Å². The van der Waals surface area contributed by atoms with Gasteiger partial charge in [-0.1, -0.05) is 36.4 Å². The fraction of sp³-hybridized carbons (Fsp3) is 0.391. The first-order valence-electron chi connectivity index (χ1n) is 10.2. The summed E-state index contributed by atoms with van der Waals surface area (Å²) in [6.45, 7) is 3.05. The molecule has 2 aliphatic heterocycles. The lowest BCUT2D eigenvalue weighted by Gasteiger charge is -2.36. The molecule has 0 aliphatic carbocycles. The molecular formula is C23H26N2O5. The van der Waals surface area contributed by atoms with E-state index in [1.54, 1.807) is 12.1 Å². The van der Waals surface area contributed by atoms with Crippen molar-refractivity contribution in [1.82, 2.24) is 9.80 Å². The molecule has 2 heterocycles. The minimum Gasteiger partial charge on any atom is -0.491 e. The first-order chi connectivity index (χ1) is 14.7. The highest BCUT2D eigenvalue weighted by atomic mass is 16.5. The van der Waals surface area contributed by atoms with E-state index in [1.807, 2.05) is 34.1 Å². The Balaban J connectivity index is 1.62. The van der Waals surface area contributed by atoms with Crippen LogP contribution in [0.3, 0.4) is 0 Å². The summed E-state index contributed by atoms with van der Waals surface area (Å²) in [5, 5.41) is 0. The van der Waals surface area contributed by atoms with Crippen molar-refractivity contribution in [3.05, 3.63) is 65.2 Å². The molecule has 2 aromatic rings. The second-order valence-corrected chi connectivity index (χ2v) is 7.48. The average Bonchev–Trinajstić information content (AvgIpc) is 2.98. The normalized spacial score (nSPS) is 18.8. The van der Waals surface area contributed by atoms with Crippen molar-refractivity contribution in [3.63, 3.8) is 0 Å². The maximum atomic E-state index is 13.4. The number of amides is 2. The number of methoxy groups -OCH3 is 1. The van der Waals surface area contributed by atoms with E-state index >= 15 is 0 Å². The average molecular weight is 410 g/mol. The largest absolute Gasteiger partial charge is 0.491 e. The van der Waals surface area contributed by atoms with E-state index in [-0.39, 0.29) is 12.1 Å². The van der Waals surface area contributed by atoms with Crippen molar-refractivity contribution < 1.29 is 23.8 Å². The first-order valence-corrected chi connectivity index (χ1v) is 10.2. The summed E-state index contributed by atoms with van der Waals surface area (Å²) in [5.41, 5.74) is 2.45. The number of carbonyl (C=O) groups is 2. The van der Waals surface area contributed by atoms with Crippen molar-refractivity contribution in [2.75, 3.05) is 40.0 Å². The van der Waals surface area contributed by atoms with Gasteiger partial charge >= 0.3 is 12.0 Å². The molecule has 0 radical (unpaired) electrons. The number of urea groups is 1. The molecule has 0 spiro atoms. The fourth-order valence-corrected chi connectivity index (χ4v) is 3.87. The van der Waals surface area contributed by atoms with E-state index in [0.29, 0.717) is 57.2 Å². The molecule has 0 bridgehead atoms. The van der Waals surface area contributed by atoms with Crippen LogP contribution in [0.4, 0.5) is 4.79 Å². The van der Waals surface area contributed by atoms with E-state index < -0.39 is 5.97 Å². The molecule has 0 unspecified atom stereocenters. The highest BCUT2D eigenvalue weighted by Crippen LogP contribution is 2.29. The third kappa shape index (κ3) is 4.41. The zero-order valence-corrected chi connectivity index (χ0v) is 17.1. The SMILES string of the molecule is COC(=O)c1ccc2c(c1)OC[C@H](Cc1ccccc1)N(C(=O)N1CCOCC1)C2. The molecule has 4 rings (SSSR count). The number of morpholine rings is 1. The van der Waals surface area contributed by atoms with Crippen molar-refractivity contribution in [3.8, 4) is 5.75 Å². The standard InChI is InChI=1S/C23H26N2O5/c1-28-22(26)18-7-8-19-15-25(23(27)24-9-11-29-12-10-24)20(16-30-21(19)14-18)13-17-5-3-2-4-6-17/h2-8,14,20H,9-13,15-16H2,1H3/t20-/m0/s1. The van der Waals surface area contributed by atoms with Crippen LogP contribution in [0.1, 0.15) is 21.5 Å². The molecule has 2 aromatic carbocycles. The van der Waals surface area contributed by atoms with Crippen LogP contribution < -0.4 is 4.74 Å². The van der Waals surface area contributed by atoms with Crippen LogP contribution in [0, 0.1) is 0 Å². The second kappa shape index (κ2) is 9.17. The number of hydrogen-bond donors (Lipinski definition) is 0. The number of esters is 1. The lowest BCUT2D eigenvalue weighted by Crippen LogP contribution is -2.52. The van der Waals surface area contributed by atoms with E-state index in [4.69, 9.17) is 14.2 Å². The van der Waals surface area contributed by atoms with Gasteiger partial charge in [0.2, 0.25) is 0 Å². The van der Waals surface area contributed by atoms with Gasteiger partial charge in [0.15, 0.2) is 0 Å². The van der Waals surface area contributed by atoms with Crippen LogP contribution in [0.2, 0.25) is 0 Å². The number of ether oxygens (including phenoxy) is 3. The molecule has 158 valence electrons. The molecule has 1 atom stereocenters. The minimum absolute atomic E-state index is 0.00674. The summed E-state index contributed by atoms with van der Waals surface area (Å²) >= 11 is 0. The Morgan fingerprint density at radius 2 is 1.87 bits per heavy atom. The Morgan fingerprint density at radius 1 is 1.10 bits per heavy atom. The molecule has 2 amide bonds. The van der Waals surface area contributed by atoms with Crippen molar-refractivity contribution >= 4 is 12.0 Å². The number of benzene rings is 2. The minimum atomic E-state index is -0.410. The van der Waals surface area contributed by atoms with E-state index in [2.05, 4.69) is 12.1 Å². The van der Waals surface area contributed by atoms with Gasteiger partial charge in [-0.3, -0.25) is 0 Å². The predicted molar refractivity (Wildman–Crippen MR) is 111 cm³/mol. The Kier molecular flexibility index (Phi) is 6.18. The third-order valence-corrected chi connectivity index (χ3v) is 5.54. The van der Waals surface area contributed by atoms with Gasteiger partial charge in [0, 0.05) is 18.7 Å². The lowest BCUT2D eigenvalue weighted by atomic mass is 10.0. The molecule has 30 heavy (non-hydrogen) atoms. The maximum absolute atomic E-state index is 13.4. The molecular weight excluding hydrogens is 384 g/mol. The summed E-state index contributed by atoms with van der Waals surface area (Å²) in [6, 6.07) is 15.2. The number of hydrogen-bond acceptors (Lipinski definition) is 5. The molecule has 1 saturated heterocycles. The number of carbonyl (C=O) groups excluding carboxylic acids is 2. The molecule has 2 aliphatic rings. The van der Waals surface area contributed by atoms with Crippen molar-refractivity contribution in [2.24, 2.45) is 0 Å². The third-order valence-electron chi connectivity index (χ3n) is 5.54. The predicted octanol–water partition coefficient (Wildman–Crippen LogP) is 2.73. The van der Waals surface area contributed by atoms with Crippen LogP contribution in [0.5, 0.6) is 5.75 Å². The Hall–Kier alpha value is -3.06. The number of nitrogens with zero attached hydrogens (tertiary/aromatic N) is 2. The highest BCUT2D eigenvalue weighted by molar-refractivity contribution is 5.90. The Morgan fingerprint density at radius 3 is 2.60 bits per heavy atom. The van der Waals surface area contributed by atoms with Crippen LogP contribution in [0.25, 0.3) is 0 Å². The van der Waals surface area contributed by atoms with E-state index in [9.17, 15) is 9.59 Å². The van der Waals surface area contributed by atoms with Gasteiger partial charge in [-0.05, 0) is 24.1 Å². The Bertz CT molecular complexity index is 896. The van der Waals surface area contributed by atoms with Crippen molar-refractivity contribution in [1.29, 1.82) is 0 Å². The van der Waals surface area contributed by atoms with Gasteiger partial charge in [-0.25, -0.2) is 9.59 Å². The zero-order valence-electron chi connectivity index (χ0n) is 17.1. The monoisotopic (exact) mass is 410 g/mol. The zero-order chi connectivity index (χ0) is 20.9. The summed E-state index contributed by atoms with van der Waals surface area (Å²) in [7, 11) is 1.35. The van der Waals surface area contributed by atoms with Gasteiger partial charge in [0.05, 0.1) is 38.5 Å². The number of rotatable bonds is 3. The summed E-state index contributed by atoms with van der Waals surface area (Å²) in [5.74, 6) is 0.209. The molecule has 1 fully saturated rings. The molecule has 7 heteroatoms. The smallest absolute Gasteiger partial charge is 0.337 e. The molecule has 0 N–H and O–H groups in total. The second-order valence-electron chi connectivity index (χ2n) is 7.48. The van der Waals surface area contributed by atoms with E-state index in [0.717, 1.165) is 11.1 Å². The molecule has 7 nitrogen and oxygen atoms in total. The quantitative estimate of drug-likeness (QED) is 0.728. The van der Waals surface area contributed by atoms with Crippen LogP contribution in [-0.4, -0.2) is 67.9 Å². The molecule has 0 saturated carbocycles. The van der Waals surface area contributed by atoms with E-state index in [1.165, 1.54) is 7.11 Å². The van der Waals surface area contributed by atoms with Crippen LogP contribution >= 0.6 is 0 Å². The maximum Gasteiger partial charge on any atom is 0.337 e. The van der Waals surface area contributed by atoms with Gasteiger partial charge in [-0.2, -0.15) is 0 Å². The topological polar surface area (TPSA) is 68.3 Å². The lowest BCUT2D eigenvalue weighted by molar-refractivity contribution is 0.0363. The first kappa shape index (κ1) is 20.2. The Labute approximate surface area is 176 Å². The summed E-state index contributed by atoms with van der Waals surface area (Å²) in [4.78, 5) is 29.0. The van der Waals surface area contributed by atoms with Crippen molar-refractivity contribution in [2.45, 2.75) is 19.0 Å². The molecule has 0 aromatic heterocycles. The van der Waals surface area contributed by atoms with Gasteiger partial charge < -0.3 is 24.0 Å². The van der Waals surface area contributed by atoms with Crippen LogP contribution in [0.15, 0.2) is 48.5 Å². The van der Waals surface area contributed by atoms with Gasteiger partial charge in [0.1, 0.15) is 12.4 Å². The van der Waals surface area contributed by atoms with Crippen LogP contribution in [-0.2, 0) is 22.4 Å². The highest BCUT2D eigenvalue weighted by Gasteiger charge is 2.32.